The Kier molecular flexibility index (Phi) is 5.04. The zero-order chi connectivity index (χ0) is 19.2. The molecule has 1 amide bonds. The Morgan fingerprint density at radius 1 is 1.11 bits per heavy atom. The average Bonchev–Trinajstić information content (AvgIpc) is 2.59. The summed E-state index contributed by atoms with van der Waals surface area (Å²) in [6.45, 7) is 2.12. The largest absolute Gasteiger partial charge is 0.353 e. The molecule has 0 spiro atoms. The van der Waals surface area contributed by atoms with Crippen molar-refractivity contribution in [1.29, 1.82) is 0 Å². The maximum absolute atomic E-state index is 12.5. The minimum absolute atomic E-state index is 0.00165. The molecular weight excluding hydrogens is 382 g/mol. The van der Waals surface area contributed by atoms with Crippen LogP contribution in [0.3, 0.4) is 0 Å². The first-order valence-electron chi connectivity index (χ1n) is 10.0. The molecular formula is C21H28ClNO3S. The summed E-state index contributed by atoms with van der Waals surface area (Å²) in [7, 11) is -3.47. The van der Waals surface area contributed by atoms with Crippen molar-refractivity contribution in [1.82, 2.24) is 5.32 Å². The number of hydrogen-bond donors (Lipinski definition) is 1. The van der Waals surface area contributed by atoms with Crippen LogP contribution < -0.4 is 5.32 Å². The van der Waals surface area contributed by atoms with Crippen LogP contribution in [-0.4, -0.2) is 26.1 Å². The van der Waals surface area contributed by atoms with E-state index in [0.717, 1.165) is 17.8 Å². The summed E-state index contributed by atoms with van der Waals surface area (Å²) in [5, 5.41) is 3.64. The van der Waals surface area contributed by atoms with Crippen molar-refractivity contribution < 1.29 is 13.2 Å². The molecule has 1 N–H and O–H groups in total. The van der Waals surface area contributed by atoms with Gasteiger partial charge >= 0.3 is 0 Å². The van der Waals surface area contributed by atoms with Gasteiger partial charge in [0.2, 0.25) is 5.91 Å². The summed E-state index contributed by atoms with van der Waals surface area (Å²) in [6.07, 6.45) is 7.80. The van der Waals surface area contributed by atoms with Crippen molar-refractivity contribution in [2.75, 3.05) is 5.75 Å². The van der Waals surface area contributed by atoms with Crippen molar-refractivity contribution in [3.8, 4) is 0 Å². The van der Waals surface area contributed by atoms with E-state index in [1.807, 2.05) is 0 Å². The molecule has 4 aliphatic carbocycles. The number of halogens is 1. The molecule has 1 aromatic carbocycles. The fourth-order valence-corrected chi connectivity index (χ4v) is 7.53. The maximum Gasteiger partial charge on any atom is 0.221 e. The molecule has 4 saturated carbocycles. The first-order valence-corrected chi connectivity index (χ1v) is 12.1. The fourth-order valence-electron chi connectivity index (χ4n) is 6.16. The Labute approximate surface area is 167 Å². The van der Waals surface area contributed by atoms with Crippen molar-refractivity contribution in [3.63, 3.8) is 0 Å². The van der Waals surface area contributed by atoms with Gasteiger partial charge in [0.15, 0.2) is 9.84 Å². The third-order valence-electron chi connectivity index (χ3n) is 7.15. The first-order chi connectivity index (χ1) is 12.8. The average molecular weight is 410 g/mol. The lowest BCUT2D eigenvalue weighted by Gasteiger charge is -2.59. The number of benzene rings is 1. The van der Waals surface area contributed by atoms with Gasteiger partial charge in [0.05, 0.1) is 10.6 Å². The van der Waals surface area contributed by atoms with Crippen molar-refractivity contribution in [2.24, 2.45) is 23.2 Å². The summed E-state index contributed by atoms with van der Waals surface area (Å²) in [4.78, 5) is 12.7. The zero-order valence-corrected chi connectivity index (χ0v) is 17.4. The lowest BCUT2D eigenvalue weighted by Crippen LogP contribution is -2.55. The summed E-state index contributed by atoms with van der Waals surface area (Å²) >= 11 is 5.82. The van der Waals surface area contributed by atoms with E-state index >= 15 is 0 Å². The minimum atomic E-state index is -3.47. The SMILES string of the molecule is C[C@@H](NC(=O)CCS(=O)(=O)c1ccc(Cl)cc1)C12CC3CC(CC(C3)C1)C2. The summed E-state index contributed by atoms with van der Waals surface area (Å²) in [5.74, 6) is 2.17. The highest BCUT2D eigenvalue weighted by atomic mass is 35.5. The van der Waals surface area contributed by atoms with Gasteiger partial charge in [-0.3, -0.25) is 4.79 Å². The minimum Gasteiger partial charge on any atom is -0.353 e. The van der Waals surface area contributed by atoms with Crippen LogP contribution in [0.15, 0.2) is 29.2 Å². The quantitative estimate of drug-likeness (QED) is 0.764. The van der Waals surface area contributed by atoms with Crippen molar-refractivity contribution >= 4 is 27.3 Å². The lowest BCUT2D eigenvalue weighted by atomic mass is 9.48. The first kappa shape index (κ1) is 19.3. The number of nitrogens with one attached hydrogen (secondary N) is 1. The lowest BCUT2D eigenvalue weighted by molar-refractivity contribution is -0.125. The number of carbonyl (C=O) groups is 1. The van der Waals surface area contributed by atoms with Crippen molar-refractivity contribution in [2.45, 2.75) is 62.8 Å². The second kappa shape index (κ2) is 7.07. The molecule has 4 bridgehead atoms. The van der Waals surface area contributed by atoms with Crippen LogP contribution in [0.1, 0.15) is 51.9 Å². The number of carbonyl (C=O) groups excluding carboxylic acids is 1. The monoisotopic (exact) mass is 409 g/mol. The molecule has 6 heteroatoms. The highest BCUT2D eigenvalue weighted by molar-refractivity contribution is 7.91. The van der Waals surface area contributed by atoms with Gasteiger partial charge < -0.3 is 5.32 Å². The zero-order valence-electron chi connectivity index (χ0n) is 15.8. The number of sulfone groups is 1. The molecule has 1 atom stereocenters. The predicted octanol–water partition coefficient (Wildman–Crippen LogP) is 4.22. The van der Waals surface area contributed by atoms with Crippen LogP contribution in [-0.2, 0) is 14.6 Å². The van der Waals surface area contributed by atoms with Gasteiger partial charge in [-0.25, -0.2) is 8.42 Å². The van der Waals surface area contributed by atoms with Crippen LogP contribution in [0.25, 0.3) is 0 Å². The van der Waals surface area contributed by atoms with E-state index in [1.165, 1.54) is 50.7 Å². The summed E-state index contributed by atoms with van der Waals surface area (Å²) in [6, 6.07) is 6.23. The van der Waals surface area contributed by atoms with E-state index in [9.17, 15) is 13.2 Å². The van der Waals surface area contributed by atoms with E-state index in [1.54, 1.807) is 12.1 Å². The third-order valence-corrected chi connectivity index (χ3v) is 9.14. The molecule has 4 nitrogen and oxygen atoms in total. The van der Waals surface area contributed by atoms with Gasteiger partial charge in [0, 0.05) is 17.5 Å². The second-order valence-electron chi connectivity index (χ2n) is 9.09. The molecule has 0 aliphatic heterocycles. The molecule has 0 heterocycles. The Balaban J connectivity index is 1.35. The van der Waals surface area contributed by atoms with Crippen LogP contribution in [0.4, 0.5) is 0 Å². The maximum atomic E-state index is 12.5. The third kappa shape index (κ3) is 3.91. The highest BCUT2D eigenvalue weighted by Gasteiger charge is 2.53. The molecule has 4 fully saturated rings. The molecule has 27 heavy (non-hydrogen) atoms. The van der Waals surface area contributed by atoms with Crippen LogP contribution >= 0.6 is 11.6 Å². The topological polar surface area (TPSA) is 63.2 Å². The van der Waals surface area contributed by atoms with Crippen LogP contribution in [0, 0.1) is 23.2 Å². The predicted molar refractivity (Wildman–Crippen MR) is 106 cm³/mol. The van der Waals surface area contributed by atoms with Gasteiger partial charge in [-0.15, -0.1) is 0 Å². The van der Waals surface area contributed by atoms with Crippen LogP contribution in [0.5, 0.6) is 0 Å². The van der Waals surface area contributed by atoms with E-state index in [-0.39, 0.29) is 34.4 Å². The molecule has 4 aliphatic rings. The highest BCUT2D eigenvalue weighted by Crippen LogP contribution is 2.61. The molecule has 0 saturated heterocycles. The molecule has 148 valence electrons. The standard InChI is InChI=1S/C21H28ClNO3S/c1-14(21-11-15-8-16(12-21)10-17(9-15)13-21)23-20(24)6-7-27(25,26)19-4-2-18(22)3-5-19/h2-5,14-17H,6-13H2,1H3,(H,23,24)/t14-,15?,16?,17?,21?/m1/s1. The van der Waals surface area contributed by atoms with E-state index in [4.69, 9.17) is 11.6 Å². The number of rotatable bonds is 6. The van der Waals surface area contributed by atoms with Gasteiger partial charge in [0.1, 0.15) is 0 Å². The van der Waals surface area contributed by atoms with Gasteiger partial charge in [-0.1, -0.05) is 11.6 Å². The van der Waals surface area contributed by atoms with E-state index in [0.29, 0.717) is 5.02 Å². The molecule has 1 aromatic rings. The summed E-state index contributed by atoms with van der Waals surface area (Å²) < 4.78 is 24.9. The second-order valence-corrected chi connectivity index (χ2v) is 11.6. The van der Waals surface area contributed by atoms with E-state index < -0.39 is 9.84 Å². The van der Waals surface area contributed by atoms with Gasteiger partial charge in [0.25, 0.3) is 0 Å². The Morgan fingerprint density at radius 2 is 1.63 bits per heavy atom. The Bertz CT molecular complexity index is 783. The molecule has 0 aromatic heterocycles. The van der Waals surface area contributed by atoms with Crippen molar-refractivity contribution in [3.05, 3.63) is 29.3 Å². The number of hydrogen-bond acceptors (Lipinski definition) is 3. The Morgan fingerprint density at radius 3 is 2.15 bits per heavy atom. The van der Waals surface area contributed by atoms with Gasteiger partial charge in [-0.05, 0) is 92.9 Å². The Hall–Kier alpha value is -1.07. The normalized spacial score (nSPS) is 33.0. The molecule has 0 radical (unpaired) electrons. The molecule has 5 rings (SSSR count). The summed E-state index contributed by atoms with van der Waals surface area (Å²) in [5.41, 5.74) is 0.236. The van der Waals surface area contributed by atoms with Gasteiger partial charge in [-0.2, -0.15) is 0 Å². The number of amides is 1. The molecule has 0 unspecified atom stereocenters. The smallest absolute Gasteiger partial charge is 0.221 e. The van der Waals surface area contributed by atoms with E-state index in [2.05, 4.69) is 12.2 Å². The fraction of sp³-hybridized carbons (Fsp3) is 0.667. The van der Waals surface area contributed by atoms with Crippen LogP contribution in [0.2, 0.25) is 5.02 Å².